The third-order valence-corrected chi connectivity index (χ3v) is 2.59. The van der Waals surface area contributed by atoms with E-state index in [-0.39, 0.29) is 0 Å². The maximum atomic E-state index is 9.71. The fourth-order valence-electron chi connectivity index (χ4n) is 1.57. The van der Waals surface area contributed by atoms with Crippen LogP contribution in [0.5, 0.6) is 0 Å². The van der Waals surface area contributed by atoms with Gasteiger partial charge < -0.3 is 10.8 Å². The molecule has 0 aliphatic heterocycles. The molecule has 0 saturated heterocycles. The van der Waals surface area contributed by atoms with Crippen molar-refractivity contribution in [1.82, 2.24) is 0 Å². The normalized spacial score (nSPS) is 18.6. The third kappa shape index (κ3) is 2.08. The van der Waals surface area contributed by atoms with Crippen molar-refractivity contribution in [2.45, 2.75) is 31.4 Å². The maximum absolute atomic E-state index is 9.71. The van der Waals surface area contributed by atoms with Crippen LogP contribution >= 0.6 is 0 Å². The Kier molecular flexibility index (Phi) is 2.10. The Hall–Kier alpha value is -0.860. The van der Waals surface area contributed by atoms with Crippen molar-refractivity contribution in [3.8, 4) is 0 Å². The molecule has 1 saturated carbocycles. The van der Waals surface area contributed by atoms with Crippen LogP contribution in [0.1, 0.15) is 24.0 Å². The molecule has 0 aromatic heterocycles. The average molecular weight is 177 g/mol. The van der Waals surface area contributed by atoms with Crippen LogP contribution in [-0.2, 0) is 13.0 Å². The minimum Gasteiger partial charge on any atom is -0.390 e. The van der Waals surface area contributed by atoms with Crippen LogP contribution in [0.3, 0.4) is 0 Å². The van der Waals surface area contributed by atoms with Gasteiger partial charge in [0.1, 0.15) is 0 Å². The van der Waals surface area contributed by atoms with Gasteiger partial charge in [0.25, 0.3) is 0 Å². The summed E-state index contributed by atoms with van der Waals surface area (Å²) in [6.45, 7) is 0.576. The highest BCUT2D eigenvalue weighted by atomic mass is 16.3. The van der Waals surface area contributed by atoms with Gasteiger partial charge in [-0.05, 0) is 24.0 Å². The Morgan fingerprint density at radius 3 is 2.62 bits per heavy atom. The van der Waals surface area contributed by atoms with Crippen molar-refractivity contribution >= 4 is 0 Å². The molecule has 2 heteroatoms. The predicted molar refractivity (Wildman–Crippen MR) is 52.2 cm³/mol. The first-order chi connectivity index (χ1) is 6.22. The van der Waals surface area contributed by atoms with E-state index < -0.39 is 5.60 Å². The van der Waals surface area contributed by atoms with Gasteiger partial charge in [-0.2, -0.15) is 0 Å². The molecule has 0 unspecified atom stereocenters. The van der Waals surface area contributed by atoms with E-state index in [9.17, 15) is 5.11 Å². The van der Waals surface area contributed by atoms with E-state index >= 15 is 0 Å². The second-order valence-electron chi connectivity index (χ2n) is 3.93. The molecule has 70 valence electrons. The summed E-state index contributed by atoms with van der Waals surface area (Å²) in [5.74, 6) is 0. The van der Waals surface area contributed by atoms with Crippen molar-refractivity contribution < 1.29 is 5.11 Å². The monoisotopic (exact) mass is 177 g/mol. The van der Waals surface area contributed by atoms with Gasteiger partial charge in [-0.25, -0.2) is 0 Å². The summed E-state index contributed by atoms with van der Waals surface area (Å²) in [6, 6.07) is 8.15. The molecule has 2 nitrogen and oxygen atoms in total. The number of nitrogens with two attached hydrogens (primary N) is 1. The smallest absolute Gasteiger partial charge is 0.0690 e. The summed E-state index contributed by atoms with van der Waals surface area (Å²) in [7, 11) is 0. The Balaban J connectivity index is 2.11. The van der Waals surface area contributed by atoms with Crippen molar-refractivity contribution in [2.75, 3.05) is 0 Å². The fourth-order valence-corrected chi connectivity index (χ4v) is 1.57. The SMILES string of the molecule is NCc1cccc(CC2(O)CC2)c1. The molecule has 0 atom stereocenters. The van der Waals surface area contributed by atoms with Crippen molar-refractivity contribution in [2.24, 2.45) is 5.73 Å². The molecule has 0 bridgehead atoms. The van der Waals surface area contributed by atoms with Crippen molar-refractivity contribution in [3.63, 3.8) is 0 Å². The molecule has 1 aliphatic rings. The predicted octanol–water partition coefficient (Wildman–Crippen LogP) is 1.21. The zero-order valence-electron chi connectivity index (χ0n) is 7.66. The number of aliphatic hydroxyl groups is 1. The van der Waals surface area contributed by atoms with E-state index in [1.54, 1.807) is 0 Å². The fraction of sp³-hybridized carbons (Fsp3) is 0.455. The molecular weight excluding hydrogens is 162 g/mol. The number of rotatable bonds is 3. The summed E-state index contributed by atoms with van der Waals surface area (Å²) in [5.41, 5.74) is 7.48. The molecule has 3 N–H and O–H groups in total. The second kappa shape index (κ2) is 3.13. The third-order valence-electron chi connectivity index (χ3n) is 2.59. The van der Waals surface area contributed by atoms with Crippen LogP contribution in [0, 0.1) is 0 Å². The molecule has 1 aliphatic carbocycles. The average Bonchev–Trinajstić information content (AvgIpc) is 2.84. The van der Waals surface area contributed by atoms with E-state index in [0.29, 0.717) is 6.54 Å². The van der Waals surface area contributed by atoms with Gasteiger partial charge in [-0.15, -0.1) is 0 Å². The molecule has 0 heterocycles. The minimum atomic E-state index is -0.396. The zero-order chi connectivity index (χ0) is 9.31. The maximum Gasteiger partial charge on any atom is 0.0690 e. The lowest BCUT2D eigenvalue weighted by atomic mass is 10.0. The summed E-state index contributed by atoms with van der Waals surface area (Å²) in [5, 5.41) is 9.71. The largest absolute Gasteiger partial charge is 0.390 e. The van der Waals surface area contributed by atoms with Crippen LogP contribution in [0.15, 0.2) is 24.3 Å². The molecule has 1 aromatic rings. The highest BCUT2D eigenvalue weighted by Gasteiger charge is 2.39. The standard InChI is InChI=1S/C11H15NO/c12-8-10-3-1-2-9(6-10)7-11(13)4-5-11/h1-3,6,13H,4-5,7-8,12H2. The van der Waals surface area contributed by atoms with Crippen molar-refractivity contribution in [3.05, 3.63) is 35.4 Å². The molecule has 13 heavy (non-hydrogen) atoms. The van der Waals surface area contributed by atoms with E-state index in [1.165, 1.54) is 5.56 Å². The van der Waals surface area contributed by atoms with Gasteiger partial charge in [0.2, 0.25) is 0 Å². The Labute approximate surface area is 78.4 Å². The van der Waals surface area contributed by atoms with Crippen LogP contribution in [0.4, 0.5) is 0 Å². The van der Waals surface area contributed by atoms with Crippen molar-refractivity contribution in [1.29, 1.82) is 0 Å². The summed E-state index contributed by atoms with van der Waals surface area (Å²) in [4.78, 5) is 0. The Morgan fingerprint density at radius 2 is 2.00 bits per heavy atom. The molecule has 0 radical (unpaired) electrons. The first-order valence-electron chi connectivity index (χ1n) is 4.72. The van der Waals surface area contributed by atoms with E-state index in [4.69, 9.17) is 5.73 Å². The molecule has 0 amide bonds. The number of hydrogen-bond acceptors (Lipinski definition) is 2. The quantitative estimate of drug-likeness (QED) is 0.729. The molecule has 1 fully saturated rings. The topological polar surface area (TPSA) is 46.2 Å². The van der Waals surface area contributed by atoms with E-state index in [1.807, 2.05) is 12.1 Å². The summed E-state index contributed by atoms with van der Waals surface area (Å²) < 4.78 is 0. The van der Waals surface area contributed by atoms with E-state index in [2.05, 4.69) is 12.1 Å². The van der Waals surface area contributed by atoms with Crippen LogP contribution < -0.4 is 5.73 Å². The summed E-state index contributed by atoms with van der Waals surface area (Å²) in [6.07, 6.45) is 2.67. The number of benzene rings is 1. The van der Waals surface area contributed by atoms with Gasteiger partial charge in [0.15, 0.2) is 0 Å². The highest BCUT2D eigenvalue weighted by molar-refractivity contribution is 5.25. The van der Waals surface area contributed by atoms with Crippen LogP contribution in [0.2, 0.25) is 0 Å². The lowest BCUT2D eigenvalue weighted by Gasteiger charge is -2.08. The summed E-state index contributed by atoms with van der Waals surface area (Å²) >= 11 is 0. The lowest BCUT2D eigenvalue weighted by Crippen LogP contribution is -2.11. The lowest BCUT2D eigenvalue weighted by molar-refractivity contribution is 0.151. The molecule has 1 aromatic carbocycles. The molecular formula is C11H15NO. The molecule has 2 rings (SSSR count). The van der Waals surface area contributed by atoms with Gasteiger partial charge in [0, 0.05) is 13.0 Å². The van der Waals surface area contributed by atoms with E-state index in [0.717, 1.165) is 24.8 Å². The van der Waals surface area contributed by atoms with Gasteiger partial charge >= 0.3 is 0 Å². The minimum absolute atomic E-state index is 0.396. The first kappa shape index (κ1) is 8.73. The van der Waals surface area contributed by atoms with Gasteiger partial charge in [-0.1, -0.05) is 24.3 Å². The number of hydrogen-bond donors (Lipinski definition) is 2. The first-order valence-corrected chi connectivity index (χ1v) is 4.72. The van der Waals surface area contributed by atoms with Crippen LogP contribution in [-0.4, -0.2) is 10.7 Å². The zero-order valence-corrected chi connectivity index (χ0v) is 7.66. The highest BCUT2D eigenvalue weighted by Crippen LogP contribution is 2.38. The Bertz CT molecular complexity index is 305. The van der Waals surface area contributed by atoms with Gasteiger partial charge in [0.05, 0.1) is 5.60 Å². The Morgan fingerprint density at radius 1 is 1.31 bits per heavy atom. The molecule has 0 spiro atoms. The second-order valence-corrected chi connectivity index (χ2v) is 3.93. The van der Waals surface area contributed by atoms with Gasteiger partial charge in [-0.3, -0.25) is 0 Å². The van der Waals surface area contributed by atoms with Crippen LogP contribution in [0.25, 0.3) is 0 Å².